The first-order valence-corrected chi connectivity index (χ1v) is 8.67. The summed E-state index contributed by atoms with van der Waals surface area (Å²) in [5.74, 6) is 0.339. The number of hydrogen-bond acceptors (Lipinski definition) is 5. The summed E-state index contributed by atoms with van der Waals surface area (Å²) < 4.78 is 10.6. The smallest absolute Gasteiger partial charge is 0.356 e. The van der Waals surface area contributed by atoms with Crippen molar-refractivity contribution in [3.05, 3.63) is 65.9 Å². The van der Waals surface area contributed by atoms with E-state index in [4.69, 9.17) is 9.47 Å². The molecule has 4 nitrogen and oxygen atoms in total. The van der Waals surface area contributed by atoms with Crippen LogP contribution in [0.2, 0.25) is 0 Å². The van der Waals surface area contributed by atoms with Gasteiger partial charge in [0.05, 0.1) is 12.6 Å². The molecule has 3 aromatic rings. The van der Waals surface area contributed by atoms with Gasteiger partial charge in [-0.3, -0.25) is 0 Å². The Balaban J connectivity index is 1.91. The molecule has 0 fully saturated rings. The number of carbonyl (C=O) groups excluding carboxylic acids is 1. The second-order valence-electron chi connectivity index (χ2n) is 5.15. The van der Waals surface area contributed by atoms with Gasteiger partial charge in [0.25, 0.3) is 0 Å². The molecule has 1 aromatic heterocycles. The van der Waals surface area contributed by atoms with Gasteiger partial charge in [-0.2, -0.15) is 0 Å². The fourth-order valence-corrected chi connectivity index (χ4v) is 3.00. The van der Waals surface area contributed by atoms with Crippen molar-refractivity contribution in [2.45, 2.75) is 11.5 Å². The first-order valence-electron chi connectivity index (χ1n) is 7.45. The molecule has 2 aromatic carbocycles. The van der Waals surface area contributed by atoms with Crippen LogP contribution in [0.15, 0.2) is 59.5 Å². The molecule has 0 bridgehead atoms. The number of fused-ring (bicyclic) bond motifs is 1. The zero-order chi connectivity index (χ0) is 16.9. The Morgan fingerprint density at radius 2 is 1.92 bits per heavy atom. The van der Waals surface area contributed by atoms with E-state index in [9.17, 15) is 4.79 Å². The Bertz CT molecular complexity index is 865. The maximum absolute atomic E-state index is 11.7. The monoisotopic (exact) mass is 339 g/mol. The van der Waals surface area contributed by atoms with E-state index in [0.717, 1.165) is 27.1 Å². The van der Waals surface area contributed by atoms with Crippen LogP contribution in [0, 0.1) is 0 Å². The zero-order valence-corrected chi connectivity index (χ0v) is 14.3. The number of esters is 1. The first kappa shape index (κ1) is 16.3. The van der Waals surface area contributed by atoms with E-state index in [0.29, 0.717) is 12.3 Å². The van der Waals surface area contributed by atoms with Crippen molar-refractivity contribution in [3.63, 3.8) is 0 Å². The van der Waals surface area contributed by atoms with Crippen molar-refractivity contribution in [3.8, 4) is 5.75 Å². The van der Waals surface area contributed by atoms with Gasteiger partial charge in [0.1, 0.15) is 18.1 Å². The summed E-state index contributed by atoms with van der Waals surface area (Å²) in [4.78, 5) is 17.1. The van der Waals surface area contributed by atoms with Gasteiger partial charge < -0.3 is 9.47 Å². The van der Waals surface area contributed by atoms with Crippen LogP contribution >= 0.6 is 11.8 Å². The molecule has 0 radical (unpaired) electrons. The topological polar surface area (TPSA) is 48.4 Å². The molecule has 0 saturated heterocycles. The maximum Gasteiger partial charge on any atom is 0.356 e. The van der Waals surface area contributed by atoms with Crippen LogP contribution in [0.5, 0.6) is 5.75 Å². The molecule has 122 valence electrons. The largest absolute Gasteiger partial charge is 0.489 e. The van der Waals surface area contributed by atoms with Crippen molar-refractivity contribution in [1.29, 1.82) is 0 Å². The molecule has 1 heterocycles. The van der Waals surface area contributed by atoms with Gasteiger partial charge in [0, 0.05) is 10.3 Å². The highest BCUT2D eigenvalue weighted by Crippen LogP contribution is 2.30. The van der Waals surface area contributed by atoms with E-state index in [2.05, 4.69) is 4.98 Å². The third-order valence-corrected chi connectivity index (χ3v) is 4.38. The lowest BCUT2D eigenvalue weighted by Gasteiger charge is -2.10. The van der Waals surface area contributed by atoms with Gasteiger partial charge in [-0.1, -0.05) is 30.3 Å². The van der Waals surface area contributed by atoms with Gasteiger partial charge in [-0.05, 0) is 36.1 Å². The molecule has 0 unspecified atom stereocenters. The fourth-order valence-electron chi connectivity index (χ4n) is 2.38. The minimum absolute atomic E-state index is 0.312. The normalized spacial score (nSPS) is 10.6. The number of pyridine rings is 1. The summed E-state index contributed by atoms with van der Waals surface area (Å²) in [5, 5.41) is 0.959. The van der Waals surface area contributed by atoms with E-state index in [-0.39, 0.29) is 0 Å². The lowest BCUT2D eigenvalue weighted by atomic mass is 10.2. The summed E-state index contributed by atoms with van der Waals surface area (Å²) in [6, 6.07) is 17.4. The zero-order valence-electron chi connectivity index (χ0n) is 13.5. The second-order valence-corrected chi connectivity index (χ2v) is 6.00. The quantitative estimate of drug-likeness (QED) is 0.512. The molecule has 0 atom stereocenters. The van der Waals surface area contributed by atoms with Crippen LogP contribution in [0.3, 0.4) is 0 Å². The van der Waals surface area contributed by atoms with E-state index in [1.54, 1.807) is 17.8 Å². The lowest BCUT2D eigenvalue weighted by Crippen LogP contribution is -2.05. The van der Waals surface area contributed by atoms with Crippen LogP contribution in [0.1, 0.15) is 16.1 Å². The number of rotatable bonds is 5. The third kappa shape index (κ3) is 3.51. The van der Waals surface area contributed by atoms with Crippen LogP contribution in [-0.4, -0.2) is 24.3 Å². The number of carbonyl (C=O) groups is 1. The summed E-state index contributed by atoms with van der Waals surface area (Å²) in [5.41, 5.74) is 2.17. The van der Waals surface area contributed by atoms with Crippen LogP contribution in [-0.2, 0) is 11.3 Å². The minimum atomic E-state index is -0.434. The number of hydrogen-bond donors (Lipinski definition) is 0. The SMILES string of the molecule is COC(=O)c1cc(SC)c2cc(OCc3ccccc3)ccc2n1. The minimum Gasteiger partial charge on any atom is -0.489 e. The average Bonchev–Trinajstić information content (AvgIpc) is 2.65. The Labute approximate surface area is 144 Å². The Kier molecular flexibility index (Phi) is 5.01. The molecule has 0 aliphatic heterocycles. The Morgan fingerprint density at radius 3 is 2.62 bits per heavy atom. The lowest BCUT2D eigenvalue weighted by molar-refractivity contribution is 0.0594. The summed E-state index contributed by atoms with van der Waals surface area (Å²) in [6.07, 6.45) is 1.97. The summed E-state index contributed by atoms with van der Waals surface area (Å²) in [6.45, 7) is 0.509. The highest BCUT2D eigenvalue weighted by atomic mass is 32.2. The molecule has 0 N–H and O–H groups in total. The van der Waals surface area contributed by atoms with Crippen LogP contribution < -0.4 is 4.74 Å². The van der Waals surface area contributed by atoms with E-state index < -0.39 is 5.97 Å². The molecular weight excluding hydrogens is 322 g/mol. The Hall–Kier alpha value is -2.53. The van der Waals surface area contributed by atoms with Crippen molar-refractivity contribution < 1.29 is 14.3 Å². The van der Waals surface area contributed by atoms with Gasteiger partial charge in [0.15, 0.2) is 0 Å². The molecule has 0 saturated carbocycles. The molecule has 24 heavy (non-hydrogen) atoms. The molecule has 0 aliphatic carbocycles. The number of methoxy groups -OCH3 is 1. The predicted molar refractivity (Wildman–Crippen MR) is 95.6 cm³/mol. The third-order valence-electron chi connectivity index (χ3n) is 3.60. The van der Waals surface area contributed by atoms with E-state index >= 15 is 0 Å². The highest BCUT2D eigenvalue weighted by molar-refractivity contribution is 7.98. The van der Waals surface area contributed by atoms with Crippen molar-refractivity contribution in [2.24, 2.45) is 0 Å². The Morgan fingerprint density at radius 1 is 1.12 bits per heavy atom. The summed E-state index contributed by atoms with van der Waals surface area (Å²) in [7, 11) is 1.35. The van der Waals surface area contributed by atoms with Gasteiger partial charge >= 0.3 is 5.97 Å². The van der Waals surface area contributed by atoms with Crippen molar-refractivity contribution >= 4 is 28.6 Å². The van der Waals surface area contributed by atoms with Crippen LogP contribution in [0.25, 0.3) is 10.9 Å². The molecule has 3 rings (SSSR count). The number of benzene rings is 2. The molecule has 0 aliphatic rings. The molecule has 0 amide bonds. The fraction of sp³-hybridized carbons (Fsp3) is 0.158. The second kappa shape index (κ2) is 7.36. The number of nitrogens with zero attached hydrogens (tertiary/aromatic N) is 1. The van der Waals surface area contributed by atoms with Gasteiger partial charge in [-0.25, -0.2) is 9.78 Å². The number of thioether (sulfide) groups is 1. The number of ether oxygens (including phenoxy) is 2. The van der Waals surface area contributed by atoms with E-state index in [1.807, 2.05) is 54.8 Å². The van der Waals surface area contributed by atoms with E-state index in [1.165, 1.54) is 7.11 Å². The molecular formula is C19H17NO3S. The van der Waals surface area contributed by atoms with Crippen LogP contribution in [0.4, 0.5) is 0 Å². The van der Waals surface area contributed by atoms with Gasteiger partial charge in [-0.15, -0.1) is 11.8 Å². The first-order chi connectivity index (χ1) is 11.7. The predicted octanol–water partition coefficient (Wildman–Crippen LogP) is 4.32. The maximum atomic E-state index is 11.7. The highest BCUT2D eigenvalue weighted by Gasteiger charge is 2.12. The number of aromatic nitrogens is 1. The molecule has 5 heteroatoms. The summed E-state index contributed by atoms with van der Waals surface area (Å²) >= 11 is 1.56. The standard InChI is InChI=1S/C19H17NO3S/c1-22-19(21)17-11-18(24-2)15-10-14(8-9-16(15)20-17)23-12-13-6-4-3-5-7-13/h3-11H,12H2,1-2H3. The van der Waals surface area contributed by atoms with Gasteiger partial charge in [0.2, 0.25) is 0 Å². The molecule has 0 spiro atoms. The average molecular weight is 339 g/mol. The van der Waals surface area contributed by atoms with Crippen molar-refractivity contribution in [1.82, 2.24) is 4.98 Å². The van der Waals surface area contributed by atoms with Crippen molar-refractivity contribution in [2.75, 3.05) is 13.4 Å².